The largest absolute Gasteiger partial charge is 0.346 e. The van der Waals surface area contributed by atoms with Crippen LogP contribution >= 0.6 is 27.7 Å². The monoisotopic (exact) mass is 417 g/mol. The summed E-state index contributed by atoms with van der Waals surface area (Å²) in [6.07, 6.45) is 0. The van der Waals surface area contributed by atoms with Crippen LogP contribution in [-0.4, -0.2) is 21.8 Å². The van der Waals surface area contributed by atoms with Crippen LogP contribution in [-0.2, 0) is 17.1 Å². The molecule has 0 unspecified atom stereocenters. The Morgan fingerprint density at radius 3 is 2.80 bits per heavy atom. The Labute approximate surface area is 158 Å². The average molecular weight is 418 g/mol. The molecule has 5 nitrogen and oxygen atoms in total. The minimum atomic E-state index is -0.0527. The Balaban J connectivity index is 1.45. The van der Waals surface area contributed by atoms with E-state index in [-0.39, 0.29) is 12.5 Å². The molecule has 1 aromatic heterocycles. The number of benzene rings is 2. The molecular formula is C18H16BrN3O2S. The topological polar surface area (TPSA) is 68.0 Å². The fourth-order valence-electron chi connectivity index (χ4n) is 2.13. The van der Waals surface area contributed by atoms with Gasteiger partial charge in [0.05, 0.1) is 12.3 Å². The van der Waals surface area contributed by atoms with E-state index in [1.54, 1.807) is 11.8 Å². The highest BCUT2D eigenvalue weighted by atomic mass is 79.9. The van der Waals surface area contributed by atoms with Crippen molar-refractivity contribution in [2.45, 2.75) is 12.3 Å². The van der Waals surface area contributed by atoms with Crippen molar-refractivity contribution in [3.05, 3.63) is 70.5 Å². The van der Waals surface area contributed by atoms with Gasteiger partial charge in [-0.05, 0) is 17.7 Å². The second kappa shape index (κ2) is 8.82. The number of nitrogens with one attached hydrogen (secondary N) is 1. The molecule has 0 saturated heterocycles. The van der Waals surface area contributed by atoms with Crippen LogP contribution in [0.2, 0.25) is 0 Å². The third-order valence-corrected chi connectivity index (χ3v) is 4.83. The van der Waals surface area contributed by atoms with Crippen LogP contribution < -0.4 is 5.32 Å². The molecule has 0 saturated carbocycles. The maximum absolute atomic E-state index is 11.9. The van der Waals surface area contributed by atoms with Crippen molar-refractivity contribution in [1.29, 1.82) is 0 Å². The first-order valence-corrected chi connectivity index (χ1v) is 9.62. The number of nitrogens with zero attached hydrogens (tertiary/aromatic N) is 2. The van der Waals surface area contributed by atoms with E-state index in [9.17, 15) is 4.79 Å². The first-order chi connectivity index (χ1) is 12.2. The van der Waals surface area contributed by atoms with Gasteiger partial charge in [-0.3, -0.25) is 4.79 Å². The number of aromatic nitrogens is 2. The lowest BCUT2D eigenvalue weighted by Crippen LogP contribution is -2.24. The SMILES string of the molecule is O=C(CSCc1ccccc1)NCc1nc(-c2cccc(Br)c2)no1. The highest BCUT2D eigenvalue weighted by molar-refractivity contribution is 9.10. The maximum Gasteiger partial charge on any atom is 0.246 e. The van der Waals surface area contributed by atoms with E-state index < -0.39 is 0 Å². The normalized spacial score (nSPS) is 10.6. The van der Waals surface area contributed by atoms with Gasteiger partial charge in [-0.2, -0.15) is 4.98 Å². The van der Waals surface area contributed by atoms with Gasteiger partial charge in [0.25, 0.3) is 0 Å². The van der Waals surface area contributed by atoms with Crippen LogP contribution in [0.3, 0.4) is 0 Å². The summed E-state index contributed by atoms with van der Waals surface area (Å²) in [6.45, 7) is 0.228. The molecule has 0 aliphatic heterocycles. The second-order valence-electron chi connectivity index (χ2n) is 5.28. The third kappa shape index (κ3) is 5.44. The van der Waals surface area contributed by atoms with E-state index >= 15 is 0 Å². The number of carbonyl (C=O) groups excluding carboxylic acids is 1. The van der Waals surface area contributed by atoms with Gasteiger partial charge >= 0.3 is 0 Å². The molecule has 0 aliphatic carbocycles. The Hall–Kier alpha value is -2.12. The van der Waals surface area contributed by atoms with E-state index in [2.05, 4.69) is 31.4 Å². The van der Waals surface area contributed by atoms with E-state index in [1.165, 1.54) is 5.56 Å². The third-order valence-electron chi connectivity index (χ3n) is 3.33. The molecule has 0 aliphatic rings. The standard InChI is InChI=1S/C18H16BrN3O2S/c19-15-8-4-7-14(9-15)18-21-17(24-22-18)10-20-16(23)12-25-11-13-5-2-1-3-6-13/h1-9H,10-12H2,(H,20,23). The van der Waals surface area contributed by atoms with Crippen LogP contribution in [0.25, 0.3) is 11.4 Å². The number of amides is 1. The first-order valence-electron chi connectivity index (χ1n) is 7.67. The van der Waals surface area contributed by atoms with E-state index in [4.69, 9.17) is 4.52 Å². The van der Waals surface area contributed by atoms with Crippen LogP contribution in [0.15, 0.2) is 63.6 Å². The molecule has 0 radical (unpaired) electrons. The fourth-order valence-corrected chi connectivity index (χ4v) is 3.35. The van der Waals surface area contributed by atoms with Crippen LogP contribution in [0.4, 0.5) is 0 Å². The maximum atomic E-state index is 11.9. The van der Waals surface area contributed by atoms with Gasteiger partial charge in [-0.15, -0.1) is 11.8 Å². The number of hydrogen-bond donors (Lipinski definition) is 1. The van der Waals surface area contributed by atoms with Crippen molar-refractivity contribution in [1.82, 2.24) is 15.5 Å². The minimum Gasteiger partial charge on any atom is -0.346 e. The molecule has 1 N–H and O–H groups in total. The summed E-state index contributed by atoms with van der Waals surface area (Å²) in [5.41, 5.74) is 2.06. The zero-order chi connectivity index (χ0) is 17.5. The van der Waals surface area contributed by atoms with Gasteiger partial charge in [0, 0.05) is 15.8 Å². The van der Waals surface area contributed by atoms with Crippen molar-refractivity contribution in [3.8, 4) is 11.4 Å². The molecule has 3 rings (SSSR count). The van der Waals surface area contributed by atoms with Crippen LogP contribution in [0, 0.1) is 0 Å². The van der Waals surface area contributed by atoms with E-state index in [0.717, 1.165) is 15.8 Å². The van der Waals surface area contributed by atoms with Crippen molar-refractivity contribution < 1.29 is 9.32 Å². The van der Waals surface area contributed by atoms with Crippen LogP contribution in [0.5, 0.6) is 0 Å². The van der Waals surface area contributed by atoms with Crippen molar-refractivity contribution in [2.75, 3.05) is 5.75 Å². The van der Waals surface area contributed by atoms with Gasteiger partial charge in [0.1, 0.15) is 0 Å². The minimum absolute atomic E-state index is 0.0527. The molecule has 128 valence electrons. The zero-order valence-electron chi connectivity index (χ0n) is 13.3. The lowest BCUT2D eigenvalue weighted by atomic mass is 10.2. The molecule has 3 aromatic rings. The van der Waals surface area contributed by atoms with Gasteiger partial charge in [0.15, 0.2) is 0 Å². The molecule has 1 amide bonds. The van der Waals surface area contributed by atoms with Gasteiger partial charge in [-0.1, -0.05) is 63.6 Å². The summed E-state index contributed by atoms with van der Waals surface area (Å²) in [6, 6.07) is 17.7. The molecule has 1 heterocycles. The molecule has 0 fully saturated rings. The number of rotatable bonds is 7. The summed E-state index contributed by atoms with van der Waals surface area (Å²) in [5, 5.41) is 6.74. The molecule has 0 atom stereocenters. The van der Waals surface area contributed by atoms with Gasteiger partial charge in [0.2, 0.25) is 17.6 Å². The van der Waals surface area contributed by atoms with E-state index in [1.807, 2.05) is 54.6 Å². The van der Waals surface area contributed by atoms with E-state index in [0.29, 0.717) is 17.5 Å². The molecule has 2 aromatic carbocycles. The predicted molar refractivity (Wildman–Crippen MR) is 102 cm³/mol. The number of halogens is 1. The Morgan fingerprint density at radius 2 is 2.00 bits per heavy atom. The molecule has 0 bridgehead atoms. The van der Waals surface area contributed by atoms with Crippen LogP contribution in [0.1, 0.15) is 11.5 Å². The smallest absolute Gasteiger partial charge is 0.246 e. The Morgan fingerprint density at radius 1 is 1.16 bits per heavy atom. The number of carbonyl (C=O) groups is 1. The molecular weight excluding hydrogens is 402 g/mol. The Kier molecular flexibility index (Phi) is 6.25. The average Bonchev–Trinajstić information content (AvgIpc) is 3.10. The zero-order valence-corrected chi connectivity index (χ0v) is 15.7. The summed E-state index contributed by atoms with van der Waals surface area (Å²) >= 11 is 4.98. The fraction of sp³-hybridized carbons (Fsp3) is 0.167. The molecule has 0 spiro atoms. The number of hydrogen-bond acceptors (Lipinski definition) is 5. The van der Waals surface area contributed by atoms with Crippen molar-refractivity contribution in [3.63, 3.8) is 0 Å². The molecule has 7 heteroatoms. The quantitative estimate of drug-likeness (QED) is 0.627. The lowest BCUT2D eigenvalue weighted by molar-refractivity contribution is -0.118. The molecule has 25 heavy (non-hydrogen) atoms. The highest BCUT2D eigenvalue weighted by Crippen LogP contribution is 2.20. The van der Waals surface area contributed by atoms with Gasteiger partial charge in [-0.25, -0.2) is 0 Å². The summed E-state index contributed by atoms with van der Waals surface area (Å²) in [4.78, 5) is 16.2. The lowest BCUT2D eigenvalue weighted by Gasteiger charge is -2.03. The Bertz CT molecular complexity index is 839. The number of thioether (sulfide) groups is 1. The summed E-state index contributed by atoms with van der Waals surface area (Å²) < 4.78 is 6.13. The predicted octanol–water partition coefficient (Wildman–Crippen LogP) is 4.05. The highest BCUT2D eigenvalue weighted by Gasteiger charge is 2.10. The summed E-state index contributed by atoms with van der Waals surface area (Å²) in [7, 11) is 0. The van der Waals surface area contributed by atoms with Crippen molar-refractivity contribution in [2.24, 2.45) is 0 Å². The van der Waals surface area contributed by atoms with Crippen molar-refractivity contribution >= 4 is 33.6 Å². The van der Waals surface area contributed by atoms with Gasteiger partial charge < -0.3 is 9.84 Å². The first kappa shape index (κ1) is 17.7. The summed E-state index contributed by atoms with van der Waals surface area (Å²) in [5.74, 6) is 2.03. The second-order valence-corrected chi connectivity index (χ2v) is 7.18.